The predicted molar refractivity (Wildman–Crippen MR) is 162 cm³/mol. The molecule has 0 nitrogen and oxygen atoms in total. The zero-order valence-corrected chi connectivity index (χ0v) is 25.6. The van der Waals surface area contributed by atoms with Crippen molar-refractivity contribution >= 4 is 0 Å². The molecule has 0 saturated heterocycles. The van der Waals surface area contributed by atoms with Gasteiger partial charge in [-0.1, -0.05) is 136 Å². The van der Waals surface area contributed by atoms with E-state index >= 15 is 0 Å². The predicted octanol–water partition coefficient (Wildman–Crippen LogP) is 11.9. The van der Waals surface area contributed by atoms with E-state index in [9.17, 15) is 0 Å². The number of hydrogen-bond donors (Lipinski definition) is 0. The zero-order valence-electron chi connectivity index (χ0n) is 25.6. The van der Waals surface area contributed by atoms with Crippen LogP contribution in [0.3, 0.4) is 0 Å². The lowest BCUT2D eigenvalue weighted by atomic mass is 9.55. The van der Waals surface area contributed by atoms with Crippen LogP contribution in [0.4, 0.5) is 0 Å². The molecule has 9 atom stereocenters. The van der Waals surface area contributed by atoms with Gasteiger partial charge in [0, 0.05) is 0 Å². The second-order valence-corrected chi connectivity index (χ2v) is 15.8. The lowest BCUT2D eigenvalue weighted by Gasteiger charge is -2.50. The molecule has 0 aromatic rings. The maximum atomic E-state index is 2.62. The van der Waals surface area contributed by atoms with Gasteiger partial charge in [-0.25, -0.2) is 0 Å². The van der Waals surface area contributed by atoms with Crippen molar-refractivity contribution in [1.29, 1.82) is 0 Å². The summed E-state index contributed by atoms with van der Waals surface area (Å²) in [6.07, 6.45) is 35.5. The van der Waals surface area contributed by atoms with Crippen LogP contribution in [0.5, 0.6) is 0 Å². The van der Waals surface area contributed by atoms with Gasteiger partial charge in [-0.15, -0.1) is 0 Å². The molecule has 0 N–H and O–H groups in total. The highest BCUT2D eigenvalue weighted by molar-refractivity contribution is 4.93. The van der Waals surface area contributed by atoms with Crippen molar-refractivity contribution < 1.29 is 0 Å². The van der Waals surface area contributed by atoms with E-state index in [1.807, 2.05) is 0 Å². The molecule has 6 fully saturated rings. The van der Waals surface area contributed by atoms with Gasteiger partial charge in [-0.3, -0.25) is 0 Å². The lowest BCUT2D eigenvalue weighted by Crippen LogP contribution is -2.42. The molecule has 6 rings (SSSR count). The van der Waals surface area contributed by atoms with Crippen LogP contribution in [0.2, 0.25) is 0 Å². The molecule has 0 aromatic heterocycles. The molecule has 0 spiro atoms. The average Bonchev–Trinajstić information content (AvgIpc) is 2.94. The van der Waals surface area contributed by atoms with Gasteiger partial charge in [-0.05, 0) is 97.2 Å². The molecule has 0 aliphatic heterocycles. The summed E-state index contributed by atoms with van der Waals surface area (Å²) in [7, 11) is 0. The van der Waals surface area contributed by atoms with Crippen molar-refractivity contribution in [2.75, 3.05) is 0 Å². The Balaban J connectivity index is 0.000000152. The molecule has 6 saturated carbocycles. The standard InChI is InChI=1S/C19H34.C18H32/c1-15(14-16-8-3-2-4-9-16)18-13-7-11-17-10-5-6-12-19(17)18;1-13-7-6-10-16-11-12-17(14(2)18(13)16)15-8-4-3-5-9-15/h15-19H,2-14H2,1H3;13-18H,3-12H2,1-2H3. The number of rotatable bonds is 4. The first-order chi connectivity index (χ1) is 18.1. The minimum atomic E-state index is 1.02. The molecule has 214 valence electrons. The molecule has 9 unspecified atom stereocenters. The van der Waals surface area contributed by atoms with Gasteiger partial charge < -0.3 is 0 Å². The fraction of sp³-hybridized carbons (Fsp3) is 1.00. The highest BCUT2D eigenvalue weighted by Crippen LogP contribution is 2.52. The van der Waals surface area contributed by atoms with Gasteiger partial charge in [0.05, 0.1) is 0 Å². The molecule has 0 heteroatoms. The third kappa shape index (κ3) is 7.20. The number of hydrogen-bond acceptors (Lipinski definition) is 0. The molecule has 0 radical (unpaired) electrons. The molecular weight excluding hydrogens is 444 g/mol. The Hall–Kier alpha value is 0. The van der Waals surface area contributed by atoms with Crippen molar-refractivity contribution in [2.45, 2.75) is 168 Å². The number of fused-ring (bicyclic) bond motifs is 2. The summed E-state index contributed by atoms with van der Waals surface area (Å²) in [5, 5.41) is 0. The molecule has 0 aromatic carbocycles. The highest BCUT2D eigenvalue weighted by Gasteiger charge is 2.43. The average molecular weight is 511 g/mol. The van der Waals surface area contributed by atoms with Gasteiger partial charge in [0.2, 0.25) is 0 Å². The van der Waals surface area contributed by atoms with Crippen molar-refractivity contribution in [3.05, 3.63) is 0 Å². The molecule has 6 aliphatic rings. The Labute approximate surface area is 233 Å². The zero-order chi connectivity index (χ0) is 25.6. The first-order valence-electron chi connectivity index (χ1n) is 18.1. The fourth-order valence-electron chi connectivity index (χ4n) is 11.8. The van der Waals surface area contributed by atoms with Gasteiger partial charge >= 0.3 is 0 Å². The molecule has 6 aliphatic carbocycles. The fourth-order valence-corrected chi connectivity index (χ4v) is 11.8. The van der Waals surface area contributed by atoms with E-state index in [1.54, 1.807) is 83.5 Å². The Kier molecular flexibility index (Phi) is 10.8. The lowest BCUT2D eigenvalue weighted by molar-refractivity contribution is -0.00357. The Bertz CT molecular complexity index is 636. The maximum absolute atomic E-state index is 2.62. The minimum Gasteiger partial charge on any atom is -0.0622 e. The van der Waals surface area contributed by atoms with Crippen LogP contribution in [0.1, 0.15) is 168 Å². The Morgan fingerprint density at radius 2 is 1.05 bits per heavy atom. The summed E-state index contributed by atoms with van der Waals surface area (Å²) < 4.78 is 0. The van der Waals surface area contributed by atoms with Gasteiger partial charge in [0.25, 0.3) is 0 Å². The smallest absolute Gasteiger partial charge is 0.0332 e. The maximum Gasteiger partial charge on any atom is -0.0332 e. The first kappa shape index (κ1) is 28.5. The Morgan fingerprint density at radius 3 is 1.81 bits per heavy atom. The van der Waals surface area contributed by atoms with Crippen LogP contribution < -0.4 is 0 Å². The third-order valence-corrected chi connectivity index (χ3v) is 13.6. The molecule has 0 amide bonds. The summed E-state index contributed by atoms with van der Waals surface area (Å²) in [5.41, 5.74) is 0. The van der Waals surface area contributed by atoms with Crippen LogP contribution in [0.15, 0.2) is 0 Å². The van der Waals surface area contributed by atoms with Crippen LogP contribution in [-0.2, 0) is 0 Å². The second kappa shape index (κ2) is 14.1. The van der Waals surface area contributed by atoms with Crippen molar-refractivity contribution in [3.8, 4) is 0 Å². The summed E-state index contributed by atoms with van der Waals surface area (Å²) in [6.45, 7) is 7.78. The topological polar surface area (TPSA) is 0 Å². The van der Waals surface area contributed by atoms with E-state index < -0.39 is 0 Å². The van der Waals surface area contributed by atoms with E-state index in [-0.39, 0.29) is 0 Å². The monoisotopic (exact) mass is 511 g/mol. The third-order valence-electron chi connectivity index (χ3n) is 13.6. The molecule has 37 heavy (non-hydrogen) atoms. The summed E-state index contributed by atoms with van der Waals surface area (Å²) >= 11 is 0. The first-order valence-corrected chi connectivity index (χ1v) is 18.1. The van der Waals surface area contributed by atoms with Gasteiger partial charge in [0.15, 0.2) is 0 Å². The van der Waals surface area contributed by atoms with E-state index in [2.05, 4.69) is 20.8 Å². The van der Waals surface area contributed by atoms with E-state index in [4.69, 9.17) is 0 Å². The summed E-state index contributed by atoms with van der Waals surface area (Å²) in [6, 6.07) is 0. The van der Waals surface area contributed by atoms with E-state index in [1.165, 1.54) is 64.2 Å². The minimum absolute atomic E-state index is 1.02. The SMILES string of the molecule is CC(CC1CCCCC1)C1CCCC2CCCCC21.CC1CCCC2CCC(C3CCCCC3)C(C)C12. The quantitative estimate of drug-likeness (QED) is 0.353. The van der Waals surface area contributed by atoms with Gasteiger partial charge in [-0.2, -0.15) is 0 Å². The van der Waals surface area contributed by atoms with Crippen LogP contribution in [-0.4, -0.2) is 0 Å². The van der Waals surface area contributed by atoms with Crippen molar-refractivity contribution in [3.63, 3.8) is 0 Å². The van der Waals surface area contributed by atoms with Gasteiger partial charge in [0.1, 0.15) is 0 Å². The molecule has 0 bridgehead atoms. The van der Waals surface area contributed by atoms with Crippen molar-refractivity contribution in [2.24, 2.45) is 65.1 Å². The summed E-state index contributed by atoms with van der Waals surface area (Å²) in [5.74, 6) is 11.9. The molecule has 0 heterocycles. The van der Waals surface area contributed by atoms with E-state index in [0.717, 1.165) is 65.1 Å². The molecular formula is C37H66. The normalized spacial score (nSPS) is 42.6. The van der Waals surface area contributed by atoms with Crippen LogP contribution in [0.25, 0.3) is 0 Å². The van der Waals surface area contributed by atoms with E-state index in [0.29, 0.717) is 0 Å². The highest BCUT2D eigenvalue weighted by atomic mass is 14.5. The van der Waals surface area contributed by atoms with Crippen LogP contribution >= 0.6 is 0 Å². The summed E-state index contributed by atoms with van der Waals surface area (Å²) in [4.78, 5) is 0. The largest absolute Gasteiger partial charge is 0.0622 e. The Morgan fingerprint density at radius 1 is 0.486 bits per heavy atom. The van der Waals surface area contributed by atoms with Crippen LogP contribution in [0, 0.1) is 65.1 Å². The second-order valence-electron chi connectivity index (χ2n) is 15.8. The van der Waals surface area contributed by atoms with Crippen molar-refractivity contribution in [1.82, 2.24) is 0 Å².